The molecular weight excluding hydrogens is 460 g/mol. The van der Waals surface area contributed by atoms with E-state index in [2.05, 4.69) is 31.9 Å². The van der Waals surface area contributed by atoms with Crippen LogP contribution in [0.3, 0.4) is 0 Å². The molecule has 2 rings (SSSR count). The SMILES string of the molecule is S=C(NCCCNCCCCCCNCCCNC(=S)Nc1ccccc1)Nc1ccccc1. The van der Waals surface area contributed by atoms with Crippen molar-refractivity contribution < 1.29 is 0 Å². The van der Waals surface area contributed by atoms with Crippen molar-refractivity contribution in [3.63, 3.8) is 0 Å². The number of unbranched alkanes of at least 4 members (excludes halogenated alkanes) is 3. The minimum absolute atomic E-state index is 0.680. The summed E-state index contributed by atoms with van der Waals surface area (Å²) in [6, 6.07) is 20.0. The Morgan fingerprint density at radius 3 is 1.26 bits per heavy atom. The lowest BCUT2D eigenvalue weighted by Gasteiger charge is -2.11. The Balaban J connectivity index is 1.27. The first-order valence-corrected chi connectivity index (χ1v) is 13.2. The molecule has 0 amide bonds. The molecule has 2 aromatic carbocycles. The van der Waals surface area contributed by atoms with Gasteiger partial charge in [-0.15, -0.1) is 0 Å². The van der Waals surface area contributed by atoms with Crippen LogP contribution in [0.15, 0.2) is 60.7 Å². The summed E-state index contributed by atoms with van der Waals surface area (Å²) in [7, 11) is 0. The summed E-state index contributed by atoms with van der Waals surface area (Å²) in [5.41, 5.74) is 2.03. The molecule has 0 heterocycles. The Morgan fingerprint density at radius 1 is 0.471 bits per heavy atom. The van der Waals surface area contributed by atoms with Crippen molar-refractivity contribution in [2.24, 2.45) is 0 Å². The van der Waals surface area contributed by atoms with E-state index in [9.17, 15) is 0 Å². The van der Waals surface area contributed by atoms with Crippen molar-refractivity contribution in [2.45, 2.75) is 38.5 Å². The Bertz CT molecular complexity index is 721. The largest absolute Gasteiger partial charge is 0.362 e. The molecule has 0 fully saturated rings. The van der Waals surface area contributed by atoms with Gasteiger partial charge in [-0.3, -0.25) is 0 Å². The second-order valence-electron chi connectivity index (χ2n) is 8.12. The fourth-order valence-electron chi connectivity index (χ4n) is 3.33. The van der Waals surface area contributed by atoms with E-state index in [0.717, 1.165) is 63.5 Å². The van der Waals surface area contributed by atoms with Gasteiger partial charge >= 0.3 is 0 Å². The highest BCUT2D eigenvalue weighted by molar-refractivity contribution is 7.80. The highest BCUT2D eigenvalue weighted by atomic mass is 32.1. The standard InChI is InChI=1S/C26H40N6S2/c33-25(31-23-13-5-3-6-14-23)29-21-11-19-27-17-9-1-2-10-18-28-20-12-22-30-26(34)32-24-15-7-4-8-16-24/h3-8,13-16,27-28H,1-2,9-12,17-22H2,(H2,29,31,33)(H2,30,32,34). The predicted octanol–water partition coefficient (Wildman–Crippen LogP) is 4.48. The summed E-state index contributed by atoms with van der Waals surface area (Å²) >= 11 is 10.6. The number of rotatable bonds is 17. The Hall–Kier alpha value is -2.26. The summed E-state index contributed by atoms with van der Waals surface area (Å²) in [5.74, 6) is 0. The maximum Gasteiger partial charge on any atom is 0.170 e. The first-order chi connectivity index (χ1) is 16.7. The lowest BCUT2D eigenvalue weighted by atomic mass is 10.2. The quantitative estimate of drug-likeness (QED) is 0.140. The molecule has 0 saturated carbocycles. The number of hydrogen-bond donors (Lipinski definition) is 6. The molecule has 0 bridgehead atoms. The van der Waals surface area contributed by atoms with Gasteiger partial charge in [0, 0.05) is 24.5 Å². The molecule has 0 aliphatic carbocycles. The second kappa shape index (κ2) is 19.1. The monoisotopic (exact) mass is 500 g/mol. The van der Waals surface area contributed by atoms with Crippen molar-refractivity contribution in [1.29, 1.82) is 0 Å². The van der Waals surface area contributed by atoms with Crippen LogP contribution in [-0.2, 0) is 0 Å². The van der Waals surface area contributed by atoms with Crippen LogP contribution in [0.2, 0.25) is 0 Å². The van der Waals surface area contributed by atoms with Crippen molar-refractivity contribution in [3.05, 3.63) is 60.7 Å². The molecule has 0 spiro atoms. The third kappa shape index (κ3) is 14.8. The van der Waals surface area contributed by atoms with Gasteiger partial charge < -0.3 is 31.9 Å². The van der Waals surface area contributed by atoms with Crippen LogP contribution in [0.4, 0.5) is 11.4 Å². The number of para-hydroxylation sites is 2. The topological polar surface area (TPSA) is 72.2 Å². The van der Waals surface area contributed by atoms with Gasteiger partial charge in [0.25, 0.3) is 0 Å². The van der Waals surface area contributed by atoms with E-state index in [1.165, 1.54) is 25.7 Å². The summed E-state index contributed by atoms with van der Waals surface area (Å²) in [6.07, 6.45) is 7.14. The number of hydrogen-bond acceptors (Lipinski definition) is 4. The molecule has 0 aromatic heterocycles. The third-order valence-electron chi connectivity index (χ3n) is 5.15. The van der Waals surface area contributed by atoms with Gasteiger partial charge in [-0.05, 0) is 101 Å². The normalized spacial score (nSPS) is 10.5. The number of thiocarbonyl (C=S) groups is 2. The van der Waals surface area contributed by atoms with E-state index >= 15 is 0 Å². The van der Waals surface area contributed by atoms with Crippen LogP contribution in [0.1, 0.15) is 38.5 Å². The lowest BCUT2D eigenvalue weighted by molar-refractivity contribution is 0.552. The summed E-state index contributed by atoms with van der Waals surface area (Å²) < 4.78 is 0. The van der Waals surface area contributed by atoms with Crippen LogP contribution in [0, 0.1) is 0 Å². The van der Waals surface area contributed by atoms with E-state index in [0.29, 0.717) is 10.2 Å². The maximum atomic E-state index is 5.31. The number of anilines is 2. The van der Waals surface area contributed by atoms with E-state index in [4.69, 9.17) is 24.4 Å². The van der Waals surface area contributed by atoms with E-state index in [-0.39, 0.29) is 0 Å². The van der Waals surface area contributed by atoms with Crippen LogP contribution in [-0.4, -0.2) is 49.5 Å². The predicted molar refractivity (Wildman–Crippen MR) is 155 cm³/mol. The molecule has 0 aliphatic rings. The van der Waals surface area contributed by atoms with Crippen molar-refractivity contribution in [2.75, 3.05) is 49.9 Å². The van der Waals surface area contributed by atoms with Gasteiger partial charge in [-0.1, -0.05) is 49.2 Å². The minimum atomic E-state index is 0.680. The first kappa shape index (κ1) is 28.0. The molecule has 0 saturated heterocycles. The maximum absolute atomic E-state index is 5.31. The fraction of sp³-hybridized carbons (Fsp3) is 0.462. The van der Waals surface area contributed by atoms with Crippen LogP contribution in [0.25, 0.3) is 0 Å². The Kier molecular flexibility index (Phi) is 15.7. The first-order valence-electron chi connectivity index (χ1n) is 12.4. The van der Waals surface area contributed by atoms with Gasteiger partial charge in [0.05, 0.1) is 0 Å². The average Bonchev–Trinajstić information content (AvgIpc) is 2.85. The molecule has 0 radical (unpaired) electrons. The highest BCUT2D eigenvalue weighted by Gasteiger charge is 1.98. The van der Waals surface area contributed by atoms with Crippen molar-refractivity contribution in [3.8, 4) is 0 Å². The minimum Gasteiger partial charge on any atom is -0.362 e. The zero-order valence-electron chi connectivity index (χ0n) is 20.1. The molecule has 34 heavy (non-hydrogen) atoms. The van der Waals surface area contributed by atoms with Crippen molar-refractivity contribution >= 4 is 46.0 Å². The van der Waals surface area contributed by atoms with Crippen molar-refractivity contribution in [1.82, 2.24) is 21.3 Å². The van der Waals surface area contributed by atoms with Gasteiger partial charge in [0.2, 0.25) is 0 Å². The van der Waals surface area contributed by atoms with E-state index in [1.54, 1.807) is 0 Å². The van der Waals surface area contributed by atoms with Gasteiger partial charge in [-0.2, -0.15) is 0 Å². The molecule has 0 aliphatic heterocycles. The zero-order chi connectivity index (χ0) is 24.1. The molecule has 2 aromatic rings. The summed E-state index contributed by atoms with van der Waals surface area (Å²) in [4.78, 5) is 0. The molecule has 0 atom stereocenters. The van der Waals surface area contributed by atoms with Gasteiger partial charge in [0.15, 0.2) is 10.2 Å². The third-order valence-corrected chi connectivity index (χ3v) is 5.64. The van der Waals surface area contributed by atoms with Crippen LogP contribution >= 0.6 is 24.4 Å². The number of benzene rings is 2. The molecule has 0 unspecified atom stereocenters. The summed E-state index contributed by atoms with van der Waals surface area (Å²) in [6.45, 7) is 5.96. The molecule has 186 valence electrons. The zero-order valence-corrected chi connectivity index (χ0v) is 21.7. The smallest absolute Gasteiger partial charge is 0.170 e. The number of nitrogens with one attached hydrogen (secondary N) is 6. The Labute approximate surface area is 216 Å². The Morgan fingerprint density at radius 2 is 0.853 bits per heavy atom. The van der Waals surface area contributed by atoms with Gasteiger partial charge in [-0.25, -0.2) is 0 Å². The van der Waals surface area contributed by atoms with Crippen LogP contribution in [0.5, 0.6) is 0 Å². The molecule has 8 heteroatoms. The van der Waals surface area contributed by atoms with Gasteiger partial charge in [0.1, 0.15) is 0 Å². The lowest BCUT2D eigenvalue weighted by Crippen LogP contribution is -2.31. The molecular formula is C26H40N6S2. The highest BCUT2D eigenvalue weighted by Crippen LogP contribution is 2.05. The summed E-state index contributed by atoms with van der Waals surface area (Å²) in [5, 5.41) is 21.3. The van der Waals surface area contributed by atoms with E-state index < -0.39 is 0 Å². The average molecular weight is 501 g/mol. The second-order valence-corrected chi connectivity index (χ2v) is 8.93. The molecule has 6 nitrogen and oxygen atoms in total. The van der Waals surface area contributed by atoms with Crippen LogP contribution < -0.4 is 31.9 Å². The molecule has 6 N–H and O–H groups in total. The van der Waals surface area contributed by atoms with E-state index in [1.807, 2.05) is 60.7 Å². The fourth-order valence-corrected chi connectivity index (χ4v) is 3.77.